The van der Waals surface area contributed by atoms with Gasteiger partial charge in [0.15, 0.2) is 5.96 Å². The molecule has 1 aliphatic rings. The monoisotopic (exact) mass is 566 g/mol. The van der Waals surface area contributed by atoms with Gasteiger partial charge in [-0.25, -0.2) is 0 Å². The number of hydrogen-bond donors (Lipinski definition) is 2. The first-order valence-electron chi connectivity index (χ1n) is 10.6. The Bertz CT molecular complexity index is 1010. The van der Waals surface area contributed by atoms with Crippen molar-refractivity contribution in [3.8, 4) is 11.4 Å². The van der Waals surface area contributed by atoms with E-state index in [0.29, 0.717) is 35.7 Å². The van der Waals surface area contributed by atoms with Crippen LogP contribution in [0.5, 0.6) is 0 Å². The standard InChI is InChI=1S/C23H27ClN6O.HI/c1-2-25-23(27-19-12-14-30(16-19)20-9-4-3-5-10-20)26-13-11-21-28-22(29-31-21)17-7-6-8-18(24)15-17;/h3-10,15,19H,2,11-14,16H2,1H3,(H2,25,26,27);1H. The van der Waals surface area contributed by atoms with Crippen molar-refractivity contribution in [3.63, 3.8) is 0 Å². The van der Waals surface area contributed by atoms with Gasteiger partial charge in [-0.2, -0.15) is 4.98 Å². The number of aromatic nitrogens is 2. The largest absolute Gasteiger partial charge is 0.369 e. The quantitative estimate of drug-likeness (QED) is 0.251. The molecule has 2 heterocycles. The summed E-state index contributed by atoms with van der Waals surface area (Å²) in [5.74, 6) is 1.92. The predicted octanol–water partition coefficient (Wildman–Crippen LogP) is 4.38. The number of benzene rings is 2. The molecule has 32 heavy (non-hydrogen) atoms. The third-order valence-corrected chi connectivity index (χ3v) is 5.38. The van der Waals surface area contributed by atoms with Crippen molar-refractivity contribution in [1.29, 1.82) is 0 Å². The molecule has 1 unspecified atom stereocenters. The second kappa shape index (κ2) is 12.1. The molecule has 1 atom stereocenters. The molecular formula is C23H28ClIN6O. The van der Waals surface area contributed by atoms with E-state index in [1.54, 1.807) is 0 Å². The van der Waals surface area contributed by atoms with Crippen LogP contribution in [-0.4, -0.2) is 48.3 Å². The molecule has 0 bridgehead atoms. The average molecular weight is 567 g/mol. The highest BCUT2D eigenvalue weighted by Crippen LogP contribution is 2.21. The van der Waals surface area contributed by atoms with E-state index in [2.05, 4.69) is 56.9 Å². The summed E-state index contributed by atoms with van der Waals surface area (Å²) in [6.07, 6.45) is 1.65. The van der Waals surface area contributed by atoms with E-state index >= 15 is 0 Å². The van der Waals surface area contributed by atoms with E-state index in [4.69, 9.17) is 21.1 Å². The highest BCUT2D eigenvalue weighted by Gasteiger charge is 2.23. The molecule has 1 fully saturated rings. The number of halogens is 2. The topological polar surface area (TPSA) is 78.6 Å². The molecule has 9 heteroatoms. The second-order valence-electron chi connectivity index (χ2n) is 7.44. The normalized spacial score (nSPS) is 16.0. The fourth-order valence-electron chi connectivity index (χ4n) is 3.63. The van der Waals surface area contributed by atoms with Crippen LogP contribution in [0.2, 0.25) is 5.02 Å². The maximum absolute atomic E-state index is 6.04. The molecule has 0 spiro atoms. The van der Waals surface area contributed by atoms with Crippen molar-refractivity contribution in [2.24, 2.45) is 4.99 Å². The Hall–Kier alpha value is -2.33. The summed E-state index contributed by atoms with van der Waals surface area (Å²) < 4.78 is 5.38. The number of guanidine groups is 1. The number of aliphatic imine (C=N–C) groups is 1. The van der Waals surface area contributed by atoms with Crippen LogP contribution in [0.25, 0.3) is 11.4 Å². The summed E-state index contributed by atoms with van der Waals surface area (Å²) in [4.78, 5) is 11.6. The van der Waals surface area contributed by atoms with Crippen LogP contribution in [0.15, 0.2) is 64.1 Å². The van der Waals surface area contributed by atoms with E-state index in [9.17, 15) is 0 Å². The summed E-state index contributed by atoms with van der Waals surface area (Å²) in [6.45, 7) is 5.43. The lowest BCUT2D eigenvalue weighted by Crippen LogP contribution is -2.44. The lowest BCUT2D eigenvalue weighted by atomic mass is 10.2. The first kappa shape index (κ1) is 24.3. The minimum absolute atomic E-state index is 0. The van der Waals surface area contributed by atoms with Crippen LogP contribution in [0, 0.1) is 0 Å². The Morgan fingerprint density at radius 1 is 1.22 bits per heavy atom. The first-order chi connectivity index (χ1) is 15.2. The van der Waals surface area contributed by atoms with Crippen molar-refractivity contribution in [2.75, 3.05) is 31.1 Å². The molecule has 1 saturated heterocycles. The summed E-state index contributed by atoms with van der Waals surface area (Å²) >= 11 is 6.04. The number of para-hydroxylation sites is 1. The van der Waals surface area contributed by atoms with Crippen molar-refractivity contribution in [2.45, 2.75) is 25.8 Å². The van der Waals surface area contributed by atoms with Gasteiger partial charge in [-0.05, 0) is 37.6 Å². The molecule has 7 nitrogen and oxygen atoms in total. The third-order valence-electron chi connectivity index (χ3n) is 5.14. The van der Waals surface area contributed by atoms with Crippen LogP contribution in [-0.2, 0) is 6.42 Å². The molecule has 1 aliphatic heterocycles. The molecule has 0 aliphatic carbocycles. The zero-order valence-electron chi connectivity index (χ0n) is 18.0. The van der Waals surface area contributed by atoms with Gasteiger partial charge < -0.3 is 20.1 Å². The lowest BCUT2D eigenvalue weighted by Gasteiger charge is -2.20. The second-order valence-corrected chi connectivity index (χ2v) is 7.88. The van der Waals surface area contributed by atoms with Gasteiger partial charge in [-0.1, -0.05) is 47.1 Å². The minimum Gasteiger partial charge on any atom is -0.369 e. The van der Waals surface area contributed by atoms with E-state index in [1.807, 2.05) is 30.3 Å². The Kier molecular flexibility index (Phi) is 9.16. The van der Waals surface area contributed by atoms with Gasteiger partial charge in [0.25, 0.3) is 0 Å². The summed E-state index contributed by atoms with van der Waals surface area (Å²) in [5.41, 5.74) is 2.10. The van der Waals surface area contributed by atoms with Gasteiger partial charge in [-0.3, -0.25) is 4.99 Å². The maximum atomic E-state index is 6.04. The molecule has 1 aromatic heterocycles. The summed E-state index contributed by atoms with van der Waals surface area (Å²) in [5, 5.41) is 11.6. The fraction of sp³-hybridized carbons (Fsp3) is 0.348. The first-order valence-corrected chi connectivity index (χ1v) is 11.0. The van der Waals surface area contributed by atoms with Crippen LogP contribution in [0.3, 0.4) is 0 Å². The number of nitrogens with one attached hydrogen (secondary N) is 2. The molecule has 0 saturated carbocycles. The zero-order chi connectivity index (χ0) is 21.5. The number of hydrogen-bond acceptors (Lipinski definition) is 5. The summed E-state index contributed by atoms with van der Waals surface area (Å²) in [7, 11) is 0. The SMILES string of the molecule is CCNC(=NCCc1nc(-c2cccc(Cl)c2)no1)NC1CCN(c2ccccc2)C1.I. The smallest absolute Gasteiger partial charge is 0.228 e. The van der Waals surface area contributed by atoms with Crippen LogP contribution < -0.4 is 15.5 Å². The van der Waals surface area contributed by atoms with Gasteiger partial charge in [0.2, 0.25) is 11.7 Å². The molecule has 3 aromatic rings. The Labute approximate surface area is 210 Å². The average Bonchev–Trinajstić information content (AvgIpc) is 3.44. The lowest BCUT2D eigenvalue weighted by molar-refractivity contribution is 0.380. The van der Waals surface area contributed by atoms with Crippen molar-refractivity contribution in [3.05, 3.63) is 65.5 Å². The molecule has 4 rings (SSSR count). The molecular weight excluding hydrogens is 539 g/mol. The molecule has 0 amide bonds. The number of nitrogens with zero attached hydrogens (tertiary/aromatic N) is 4. The van der Waals surface area contributed by atoms with Crippen molar-refractivity contribution >= 4 is 47.2 Å². The van der Waals surface area contributed by atoms with Gasteiger partial charge >= 0.3 is 0 Å². The molecule has 2 aromatic carbocycles. The number of anilines is 1. The van der Waals surface area contributed by atoms with E-state index in [1.165, 1.54) is 5.69 Å². The van der Waals surface area contributed by atoms with Crippen LogP contribution in [0.1, 0.15) is 19.2 Å². The van der Waals surface area contributed by atoms with E-state index < -0.39 is 0 Å². The molecule has 2 N–H and O–H groups in total. The zero-order valence-corrected chi connectivity index (χ0v) is 21.1. The van der Waals surface area contributed by atoms with Crippen molar-refractivity contribution in [1.82, 2.24) is 20.8 Å². The van der Waals surface area contributed by atoms with Gasteiger partial charge in [0.05, 0.1) is 6.54 Å². The van der Waals surface area contributed by atoms with E-state index in [-0.39, 0.29) is 24.0 Å². The Balaban J connectivity index is 0.00000289. The summed E-state index contributed by atoms with van der Waals surface area (Å²) in [6, 6.07) is 18.3. The Morgan fingerprint density at radius 3 is 2.84 bits per heavy atom. The predicted molar refractivity (Wildman–Crippen MR) is 140 cm³/mol. The van der Waals surface area contributed by atoms with Crippen LogP contribution in [0.4, 0.5) is 5.69 Å². The van der Waals surface area contributed by atoms with Gasteiger partial charge in [-0.15, -0.1) is 24.0 Å². The molecule has 0 radical (unpaired) electrons. The fourth-order valence-corrected chi connectivity index (χ4v) is 3.82. The maximum Gasteiger partial charge on any atom is 0.228 e. The van der Waals surface area contributed by atoms with Crippen LogP contribution >= 0.6 is 35.6 Å². The van der Waals surface area contributed by atoms with E-state index in [0.717, 1.165) is 37.6 Å². The van der Waals surface area contributed by atoms with Gasteiger partial charge in [0.1, 0.15) is 0 Å². The Morgan fingerprint density at radius 2 is 2.06 bits per heavy atom. The number of rotatable bonds is 7. The minimum atomic E-state index is 0. The third kappa shape index (κ3) is 6.59. The van der Waals surface area contributed by atoms with Crippen molar-refractivity contribution < 1.29 is 4.52 Å². The highest BCUT2D eigenvalue weighted by atomic mass is 127. The highest BCUT2D eigenvalue weighted by molar-refractivity contribution is 14.0. The van der Waals surface area contributed by atoms with Gasteiger partial charge in [0, 0.05) is 48.4 Å². The molecule has 170 valence electrons.